The van der Waals surface area contributed by atoms with Crippen molar-refractivity contribution in [3.63, 3.8) is 0 Å². The van der Waals surface area contributed by atoms with Crippen molar-refractivity contribution in [1.82, 2.24) is 19.4 Å². The largest absolute Gasteiger partial charge is 0.497 e. The molecule has 0 atom stereocenters. The number of hydrogen-bond donors (Lipinski definition) is 0. The van der Waals surface area contributed by atoms with Crippen LogP contribution >= 0.6 is 0 Å². The highest BCUT2D eigenvalue weighted by Gasteiger charge is 2.23. The van der Waals surface area contributed by atoms with Gasteiger partial charge in [-0.1, -0.05) is 20.8 Å². The molecule has 0 fully saturated rings. The van der Waals surface area contributed by atoms with Crippen LogP contribution in [0.5, 0.6) is 5.75 Å². The minimum absolute atomic E-state index is 0.00578. The SMILES string of the molecule is COc1ccc2c(c1)c(CN1CCc3nc(C(C)(C)C)ncc3C1)cn2C. The van der Waals surface area contributed by atoms with E-state index in [1.165, 1.54) is 27.7 Å². The Morgan fingerprint density at radius 1 is 1.22 bits per heavy atom. The smallest absolute Gasteiger partial charge is 0.133 e. The summed E-state index contributed by atoms with van der Waals surface area (Å²) in [7, 11) is 3.82. The highest BCUT2D eigenvalue weighted by Crippen LogP contribution is 2.28. The summed E-state index contributed by atoms with van der Waals surface area (Å²) in [6.45, 7) is 9.34. The van der Waals surface area contributed by atoms with Crippen molar-refractivity contribution in [1.29, 1.82) is 0 Å². The molecule has 3 heterocycles. The normalized spacial score (nSPS) is 15.1. The monoisotopic (exact) mass is 364 g/mol. The molecule has 0 saturated heterocycles. The summed E-state index contributed by atoms with van der Waals surface area (Å²) in [5.41, 5.74) is 5.04. The van der Waals surface area contributed by atoms with Crippen LogP contribution in [-0.4, -0.2) is 33.1 Å². The molecule has 142 valence electrons. The molecule has 0 bridgehead atoms. The number of rotatable bonds is 3. The van der Waals surface area contributed by atoms with Gasteiger partial charge < -0.3 is 9.30 Å². The second-order valence-corrected chi connectivity index (χ2v) is 8.52. The first-order valence-electron chi connectivity index (χ1n) is 9.55. The van der Waals surface area contributed by atoms with Crippen LogP contribution in [0.3, 0.4) is 0 Å². The van der Waals surface area contributed by atoms with E-state index >= 15 is 0 Å². The molecule has 1 aromatic carbocycles. The van der Waals surface area contributed by atoms with Crippen molar-refractivity contribution in [3.8, 4) is 5.75 Å². The maximum absolute atomic E-state index is 5.42. The molecular weight excluding hydrogens is 336 g/mol. The number of aryl methyl sites for hydroxylation is 1. The lowest BCUT2D eigenvalue weighted by Gasteiger charge is -2.29. The summed E-state index contributed by atoms with van der Waals surface area (Å²) >= 11 is 0. The van der Waals surface area contributed by atoms with Crippen LogP contribution in [0.4, 0.5) is 0 Å². The Kier molecular flexibility index (Phi) is 4.42. The molecule has 1 aliphatic rings. The van der Waals surface area contributed by atoms with Crippen molar-refractivity contribution in [2.24, 2.45) is 7.05 Å². The van der Waals surface area contributed by atoms with E-state index < -0.39 is 0 Å². The van der Waals surface area contributed by atoms with E-state index in [1.807, 2.05) is 12.3 Å². The van der Waals surface area contributed by atoms with Gasteiger partial charge in [-0.15, -0.1) is 0 Å². The van der Waals surface area contributed by atoms with Gasteiger partial charge in [0.2, 0.25) is 0 Å². The van der Waals surface area contributed by atoms with E-state index in [1.54, 1.807) is 7.11 Å². The van der Waals surface area contributed by atoms with Crippen LogP contribution in [-0.2, 0) is 32.0 Å². The fourth-order valence-corrected chi connectivity index (χ4v) is 3.82. The predicted molar refractivity (Wildman–Crippen MR) is 108 cm³/mol. The molecule has 5 heteroatoms. The zero-order chi connectivity index (χ0) is 19.2. The van der Waals surface area contributed by atoms with Gasteiger partial charge in [-0.3, -0.25) is 4.90 Å². The minimum Gasteiger partial charge on any atom is -0.497 e. The lowest BCUT2D eigenvalue weighted by atomic mass is 9.95. The predicted octanol–water partition coefficient (Wildman–Crippen LogP) is 3.83. The Hall–Kier alpha value is -2.40. The number of nitrogens with zero attached hydrogens (tertiary/aromatic N) is 4. The third-order valence-electron chi connectivity index (χ3n) is 5.36. The molecule has 0 spiro atoms. The van der Waals surface area contributed by atoms with Crippen LogP contribution < -0.4 is 4.74 Å². The molecule has 0 saturated carbocycles. The lowest BCUT2D eigenvalue weighted by Crippen LogP contribution is -2.31. The zero-order valence-electron chi connectivity index (χ0n) is 16.9. The average Bonchev–Trinajstić information content (AvgIpc) is 2.95. The van der Waals surface area contributed by atoms with Crippen LogP contribution in [0.15, 0.2) is 30.6 Å². The van der Waals surface area contributed by atoms with Gasteiger partial charge in [0.25, 0.3) is 0 Å². The fourth-order valence-electron chi connectivity index (χ4n) is 3.82. The van der Waals surface area contributed by atoms with Gasteiger partial charge in [0.15, 0.2) is 0 Å². The van der Waals surface area contributed by atoms with Gasteiger partial charge in [-0.05, 0) is 23.8 Å². The molecule has 0 N–H and O–H groups in total. The van der Waals surface area contributed by atoms with E-state index in [9.17, 15) is 0 Å². The fraction of sp³-hybridized carbons (Fsp3) is 0.455. The number of benzene rings is 1. The molecule has 3 aromatic rings. The summed E-state index contributed by atoms with van der Waals surface area (Å²) in [5, 5.41) is 1.27. The lowest BCUT2D eigenvalue weighted by molar-refractivity contribution is 0.243. The highest BCUT2D eigenvalue weighted by molar-refractivity contribution is 5.85. The number of ether oxygens (including phenoxy) is 1. The van der Waals surface area contributed by atoms with E-state index in [4.69, 9.17) is 9.72 Å². The maximum Gasteiger partial charge on any atom is 0.133 e. The molecule has 1 aliphatic heterocycles. The zero-order valence-corrected chi connectivity index (χ0v) is 16.9. The van der Waals surface area contributed by atoms with Gasteiger partial charge in [0.05, 0.1) is 7.11 Å². The molecule has 2 aromatic heterocycles. The second kappa shape index (κ2) is 6.64. The molecule has 27 heavy (non-hydrogen) atoms. The van der Waals surface area contributed by atoms with Crippen LogP contribution in [0, 0.1) is 0 Å². The standard InChI is InChI=1S/C22H28N4O/c1-22(2,3)21-23-11-15-13-26(9-8-19(15)24-21)14-16-12-25(4)20-7-6-17(27-5)10-18(16)20/h6-7,10-12H,8-9,13-14H2,1-5H3. The van der Waals surface area contributed by atoms with Gasteiger partial charge >= 0.3 is 0 Å². The first-order valence-corrected chi connectivity index (χ1v) is 9.55. The summed E-state index contributed by atoms with van der Waals surface area (Å²) < 4.78 is 7.62. The third-order valence-corrected chi connectivity index (χ3v) is 5.36. The maximum atomic E-state index is 5.42. The van der Waals surface area contributed by atoms with Crippen LogP contribution in [0.25, 0.3) is 10.9 Å². The Morgan fingerprint density at radius 3 is 2.78 bits per heavy atom. The summed E-state index contributed by atoms with van der Waals surface area (Å²) in [6.07, 6.45) is 5.25. The summed E-state index contributed by atoms with van der Waals surface area (Å²) in [4.78, 5) is 12.0. The van der Waals surface area contributed by atoms with Gasteiger partial charge in [-0.25, -0.2) is 9.97 Å². The second-order valence-electron chi connectivity index (χ2n) is 8.52. The summed E-state index contributed by atoms with van der Waals surface area (Å²) in [6, 6.07) is 6.29. The Labute approximate surface area is 161 Å². The molecular formula is C22H28N4O. The third kappa shape index (κ3) is 3.44. The molecule has 0 unspecified atom stereocenters. The Bertz CT molecular complexity index is 984. The van der Waals surface area contributed by atoms with Crippen molar-refractivity contribution in [2.75, 3.05) is 13.7 Å². The van der Waals surface area contributed by atoms with Gasteiger partial charge in [0, 0.05) is 73.1 Å². The number of hydrogen-bond acceptors (Lipinski definition) is 4. The van der Waals surface area contributed by atoms with Crippen molar-refractivity contribution >= 4 is 10.9 Å². The summed E-state index contributed by atoms with van der Waals surface area (Å²) in [5.74, 6) is 1.85. The van der Waals surface area contributed by atoms with Gasteiger partial charge in [-0.2, -0.15) is 0 Å². The first-order chi connectivity index (χ1) is 12.8. The van der Waals surface area contributed by atoms with E-state index in [2.05, 4.69) is 60.6 Å². The molecule has 0 amide bonds. The number of aromatic nitrogens is 3. The molecule has 5 nitrogen and oxygen atoms in total. The highest BCUT2D eigenvalue weighted by atomic mass is 16.5. The first kappa shape index (κ1) is 18.0. The Morgan fingerprint density at radius 2 is 2.04 bits per heavy atom. The van der Waals surface area contributed by atoms with Crippen LogP contribution in [0.2, 0.25) is 0 Å². The van der Waals surface area contributed by atoms with Crippen molar-refractivity contribution < 1.29 is 4.74 Å². The average molecular weight is 364 g/mol. The molecule has 0 aliphatic carbocycles. The Balaban J connectivity index is 1.58. The topological polar surface area (TPSA) is 43.2 Å². The minimum atomic E-state index is -0.00578. The number of fused-ring (bicyclic) bond motifs is 2. The van der Waals surface area contributed by atoms with Crippen LogP contribution in [0.1, 0.15) is 43.4 Å². The van der Waals surface area contributed by atoms with Crippen molar-refractivity contribution in [2.45, 2.75) is 45.7 Å². The quantitative estimate of drug-likeness (QED) is 0.708. The van der Waals surface area contributed by atoms with Gasteiger partial charge in [0.1, 0.15) is 11.6 Å². The van der Waals surface area contributed by atoms with E-state index in [0.717, 1.165) is 37.6 Å². The number of methoxy groups -OCH3 is 1. The van der Waals surface area contributed by atoms with E-state index in [-0.39, 0.29) is 5.41 Å². The van der Waals surface area contributed by atoms with E-state index in [0.29, 0.717) is 0 Å². The van der Waals surface area contributed by atoms with Crippen molar-refractivity contribution in [3.05, 3.63) is 53.2 Å². The molecule has 4 rings (SSSR count). The molecule has 0 radical (unpaired) electrons.